The van der Waals surface area contributed by atoms with Gasteiger partial charge < -0.3 is 19.5 Å². The third-order valence-corrected chi connectivity index (χ3v) is 3.81. The van der Waals surface area contributed by atoms with E-state index in [1.807, 2.05) is 0 Å². The Morgan fingerprint density at radius 1 is 1.42 bits per heavy atom. The molecular weight excluding hydrogens is 317 g/mol. The van der Waals surface area contributed by atoms with Crippen molar-refractivity contribution in [1.82, 2.24) is 10.1 Å². The molecule has 1 aromatic carbocycles. The number of likely N-dealkylation sites (N-methyl/N-ethyl adjacent to an activating group) is 1. The van der Waals surface area contributed by atoms with Crippen molar-refractivity contribution in [2.45, 2.75) is 19.1 Å². The van der Waals surface area contributed by atoms with Crippen LogP contribution in [-0.2, 0) is 14.3 Å². The summed E-state index contributed by atoms with van der Waals surface area (Å²) in [6, 6.07) is 6.56. The number of carbonyl (C=O) groups is 2. The van der Waals surface area contributed by atoms with Gasteiger partial charge in [-0.05, 0) is 24.6 Å². The van der Waals surface area contributed by atoms with Crippen LogP contribution in [0.4, 0.5) is 10.2 Å². The maximum absolute atomic E-state index is 13.6. The minimum Gasteiger partial charge on any atom is -0.360 e. The largest absolute Gasteiger partial charge is 0.360 e. The van der Waals surface area contributed by atoms with Gasteiger partial charge in [0, 0.05) is 13.1 Å². The number of anilines is 1. The number of aromatic nitrogens is 1. The zero-order valence-corrected chi connectivity index (χ0v) is 13.2. The van der Waals surface area contributed by atoms with Crippen LogP contribution in [0.1, 0.15) is 17.4 Å². The first-order valence-corrected chi connectivity index (χ1v) is 7.32. The number of aryl methyl sites for hydroxylation is 1. The number of nitrogens with zero attached hydrogens (tertiary/aromatic N) is 2. The summed E-state index contributed by atoms with van der Waals surface area (Å²) in [4.78, 5) is 25.9. The molecule has 0 unspecified atom stereocenters. The summed E-state index contributed by atoms with van der Waals surface area (Å²) in [5.41, 5.74) is 0.474. The van der Waals surface area contributed by atoms with Gasteiger partial charge in [-0.1, -0.05) is 17.3 Å². The first-order valence-electron chi connectivity index (χ1n) is 7.32. The summed E-state index contributed by atoms with van der Waals surface area (Å²) in [5, 5.41) is 6.28. The average Bonchev–Trinajstić information content (AvgIpc) is 2.94. The highest BCUT2D eigenvalue weighted by atomic mass is 19.1. The highest BCUT2D eigenvalue weighted by molar-refractivity contribution is 5.95. The lowest BCUT2D eigenvalue weighted by atomic mass is 9.97. The number of carbonyl (C=O) groups excluding carboxylic acids is 2. The Morgan fingerprint density at radius 3 is 2.88 bits per heavy atom. The highest BCUT2D eigenvalue weighted by Crippen LogP contribution is 2.30. The van der Waals surface area contributed by atoms with E-state index >= 15 is 0 Å². The van der Waals surface area contributed by atoms with E-state index in [1.54, 1.807) is 26.1 Å². The summed E-state index contributed by atoms with van der Waals surface area (Å²) < 4.78 is 23.9. The van der Waals surface area contributed by atoms with Gasteiger partial charge in [0.2, 0.25) is 5.91 Å². The Bertz CT molecular complexity index is 776. The monoisotopic (exact) mass is 333 g/mol. The first kappa shape index (κ1) is 16.1. The van der Waals surface area contributed by atoms with E-state index in [9.17, 15) is 14.0 Å². The van der Waals surface area contributed by atoms with Crippen molar-refractivity contribution < 1.29 is 23.2 Å². The molecule has 0 saturated carbocycles. The number of ether oxygens (including phenoxy) is 1. The maximum Gasteiger partial charge on any atom is 0.257 e. The first-order chi connectivity index (χ1) is 11.5. The van der Waals surface area contributed by atoms with Crippen LogP contribution < -0.4 is 5.32 Å². The third kappa shape index (κ3) is 3.13. The molecule has 1 aliphatic rings. The number of hydrogen-bond donors (Lipinski definition) is 1. The Kier molecular flexibility index (Phi) is 4.30. The number of nitrogens with one attached hydrogen (secondary N) is 1. The Hall–Kier alpha value is -2.74. The zero-order valence-electron chi connectivity index (χ0n) is 13.2. The fourth-order valence-corrected chi connectivity index (χ4v) is 2.64. The van der Waals surface area contributed by atoms with Gasteiger partial charge in [0.25, 0.3) is 5.91 Å². The number of halogens is 1. The van der Waals surface area contributed by atoms with Crippen LogP contribution in [0.5, 0.6) is 0 Å². The SMILES string of the molecule is Cc1cc(NC(=O)[C@H]2OCC(=O)N(C)[C@@H]2c2cccc(F)c2)no1. The molecule has 126 valence electrons. The van der Waals surface area contributed by atoms with Gasteiger partial charge in [0.05, 0.1) is 6.04 Å². The van der Waals surface area contributed by atoms with Crippen molar-refractivity contribution in [1.29, 1.82) is 0 Å². The van der Waals surface area contributed by atoms with Crippen LogP contribution in [0, 0.1) is 12.7 Å². The molecule has 1 aliphatic heterocycles. The van der Waals surface area contributed by atoms with E-state index in [4.69, 9.17) is 9.26 Å². The molecular formula is C16H16FN3O4. The van der Waals surface area contributed by atoms with E-state index in [2.05, 4.69) is 10.5 Å². The summed E-state index contributed by atoms with van der Waals surface area (Å²) >= 11 is 0. The van der Waals surface area contributed by atoms with Gasteiger partial charge in [0.15, 0.2) is 11.9 Å². The molecule has 1 aromatic heterocycles. The van der Waals surface area contributed by atoms with E-state index in [0.717, 1.165) is 0 Å². The fraction of sp³-hybridized carbons (Fsp3) is 0.312. The molecule has 0 radical (unpaired) electrons. The van der Waals surface area contributed by atoms with Crippen molar-refractivity contribution in [2.24, 2.45) is 0 Å². The van der Waals surface area contributed by atoms with Gasteiger partial charge in [-0.2, -0.15) is 0 Å². The molecule has 2 amide bonds. The second-order valence-electron chi connectivity index (χ2n) is 5.55. The third-order valence-electron chi connectivity index (χ3n) is 3.81. The standard InChI is InChI=1S/C16H16FN3O4/c1-9-6-12(19-24-9)18-16(22)15-14(20(2)13(21)8-23-15)10-4-3-5-11(17)7-10/h3-7,14-15H,8H2,1-2H3,(H,18,19,22)/t14-,15+/m1/s1. The number of rotatable bonds is 3. The minimum absolute atomic E-state index is 0.224. The molecule has 1 saturated heterocycles. The summed E-state index contributed by atoms with van der Waals surface area (Å²) in [5.74, 6) is -0.435. The second-order valence-corrected chi connectivity index (χ2v) is 5.55. The van der Waals surface area contributed by atoms with E-state index in [1.165, 1.54) is 23.1 Å². The molecule has 2 aromatic rings. The van der Waals surface area contributed by atoms with Gasteiger partial charge in [-0.15, -0.1) is 0 Å². The van der Waals surface area contributed by atoms with Gasteiger partial charge >= 0.3 is 0 Å². The lowest BCUT2D eigenvalue weighted by molar-refractivity contribution is -0.160. The fourth-order valence-electron chi connectivity index (χ4n) is 2.64. The van der Waals surface area contributed by atoms with Crippen LogP contribution in [0.25, 0.3) is 0 Å². The minimum atomic E-state index is -0.994. The predicted octanol–water partition coefficient (Wildman–Crippen LogP) is 1.66. The lowest BCUT2D eigenvalue weighted by Gasteiger charge is -2.38. The quantitative estimate of drug-likeness (QED) is 0.923. The maximum atomic E-state index is 13.6. The lowest BCUT2D eigenvalue weighted by Crippen LogP contribution is -2.51. The van der Waals surface area contributed by atoms with Crippen molar-refractivity contribution in [3.8, 4) is 0 Å². The molecule has 7 nitrogen and oxygen atoms in total. The molecule has 8 heteroatoms. The van der Waals surface area contributed by atoms with Crippen LogP contribution >= 0.6 is 0 Å². The van der Waals surface area contributed by atoms with Crippen LogP contribution in [-0.4, -0.2) is 41.6 Å². The molecule has 1 N–H and O–H groups in total. The average molecular weight is 333 g/mol. The van der Waals surface area contributed by atoms with Crippen molar-refractivity contribution in [3.63, 3.8) is 0 Å². The molecule has 2 atom stereocenters. The van der Waals surface area contributed by atoms with Gasteiger partial charge in [-0.3, -0.25) is 9.59 Å². The molecule has 0 spiro atoms. The Labute approximate surface area is 137 Å². The van der Waals surface area contributed by atoms with Crippen LogP contribution in [0.2, 0.25) is 0 Å². The summed E-state index contributed by atoms with van der Waals surface area (Å²) in [6.07, 6.45) is -0.994. The van der Waals surface area contributed by atoms with E-state index in [-0.39, 0.29) is 18.3 Å². The van der Waals surface area contributed by atoms with Crippen molar-refractivity contribution in [3.05, 3.63) is 47.5 Å². The van der Waals surface area contributed by atoms with E-state index in [0.29, 0.717) is 11.3 Å². The summed E-state index contributed by atoms with van der Waals surface area (Å²) in [7, 11) is 1.56. The Balaban J connectivity index is 1.88. The number of amides is 2. The molecule has 0 bridgehead atoms. The molecule has 3 rings (SSSR count). The number of benzene rings is 1. The molecule has 2 heterocycles. The zero-order chi connectivity index (χ0) is 17.3. The number of hydrogen-bond acceptors (Lipinski definition) is 5. The van der Waals surface area contributed by atoms with Gasteiger partial charge in [-0.25, -0.2) is 4.39 Å². The van der Waals surface area contributed by atoms with E-state index < -0.39 is 23.9 Å². The molecule has 24 heavy (non-hydrogen) atoms. The van der Waals surface area contributed by atoms with Crippen molar-refractivity contribution in [2.75, 3.05) is 19.0 Å². The molecule has 1 fully saturated rings. The molecule has 0 aliphatic carbocycles. The van der Waals surface area contributed by atoms with Crippen LogP contribution in [0.15, 0.2) is 34.9 Å². The smallest absolute Gasteiger partial charge is 0.257 e. The normalized spacial score (nSPS) is 21.0. The van der Waals surface area contributed by atoms with Crippen LogP contribution in [0.3, 0.4) is 0 Å². The second kappa shape index (κ2) is 6.40. The Morgan fingerprint density at radius 2 is 2.21 bits per heavy atom. The summed E-state index contributed by atoms with van der Waals surface area (Å²) in [6.45, 7) is 1.47. The predicted molar refractivity (Wildman–Crippen MR) is 81.5 cm³/mol. The van der Waals surface area contributed by atoms with Gasteiger partial charge in [0.1, 0.15) is 18.2 Å². The number of morpholine rings is 1. The van der Waals surface area contributed by atoms with Crippen molar-refractivity contribution >= 4 is 17.6 Å². The highest BCUT2D eigenvalue weighted by Gasteiger charge is 2.40. The topological polar surface area (TPSA) is 84.7 Å².